The Bertz CT molecular complexity index is 283. The maximum atomic E-state index is 5.19. The number of hydrogen-bond donors (Lipinski definition) is 0. The van der Waals surface area contributed by atoms with E-state index in [1.807, 2.05) is 0 Å². The van der Waals surface area contributed by atoms with Crippen molar-refractivity contribution in [1.29, 1.82) is 0 Å². The minimum Gasteiger partial charge on any atom is -0.373 e. The molecule has 0 spiro atoms. The number of hydrogen-bond acceptors (Lipinski definition) is 1. The summed E-state index contributed by atoms with van der Waals surface area (Å²) in [5.41, 5.74) is 2.86. The van der Waals surface area contributed by atoms with Gasteiger partial charge in [0.05, 0.1) is 12.7 Å². The van der Waals surface area contributed by atoms with Gasteiger partial charge in [-0.1, -0.05) is 38.1 Å². The van der Waals surface area contributed by atoms with Gasteiger partial charge in [-0.2, -0.15) is 0 Å². The molecule has 0 saturated carbocycles. The molecule has 0 aromatic heterocycles. The molecule has 1 nitrogen and oxygen atoms in total. The van der Waals surface area contributed by atoms with Crippen LogP contribution in [0.2, 0.25) is 0 Å². The average molecular weight is 190 g/mol. The van der Waals surface area contributed by atoms with Crippen molar-refractivity contribution >= 4 is 0 Å². The summed E-state index contributed by atoms with van der Waals surface area (Å²) in [7, 11) is 0. The van der Waals surface area contributed by atoms with Crippen LogP contribution in [0.3, 0.4) is 0 Å². The molecule has 2 rings (SSSR count). The normalized spacial score (nSPS) is 20.1. The Morgan fingerprint density at radius 2 is 1.93 bits per heavy atom. The zero-order valence-corrected chi connectivity index (χ0v) is 8.99. The van der Waals surface area contributed by atoms with Gasteiger partial charge >= 0.3 is 0 Å². The summed E-state index contributed by atoms with van der Waals surface area (Å²) in [4.78, 5) is 0. The molecule has 0 amide bonds. The van der Waals surface area contributed by atoms with E-state index in [-0.39, 0.29) is 0 Å². The molecule has 1 aromatic carbocycles. The SMILES string of the molecule is CC(C)c1ccc(CCC2CO2)cc1. The summed E-state index contributed by atoms with van der Waals surface area (Å²) in [6.07, 6.45) is 2.89. The van der Waals surface area contributed by atoms with Crippen molar-refractivity contribution in [1.82, 2.24) is 0 Å². The molecule has 1 saturated heterocycles. The Labute approximate surface area is 86.1 Å². The topological polar surface area (TPSA) is 12.5 Å². The minimum atomic E-state index is 0.555. The lowest BCUT2D eigenvalue weighted by molar-refractivity contribution is 0.397. The molecular weight excluding hydrogens is 172 g/mol. The Hall–Kier alpha value is -0.820. The van der Waals surface area contributed by atoms with Crippen LogP contribution in [0.15, 0.2) is 24.3 Å². The van der Waals surface area contributed by atoms with E-state index in [0.717, 1.165) is 13.0 Å². The van der Waals surface area contributed by atoms with Crippen LogP contribution < -0.4 is 0 Å². The first-order valence-corrected chi connectivity index (χ1v) is 5.46. The standard InChI is InChI=1S/C13H18O/c1-10(2)12-6-3-11(4-7-12)5-8-13-9-14-13/h3-4,6-7,10,13H,5,8-9H2,1-2H3. The summed E-state index contributed by atoms with van der Waals surface area (Å²) in [5.74, 6) is 0.635. The molecule has 1 heteroatoms. The highest BCUT2D eigenvalue weighted by atomic mass is 16.6. The summed E-state index contributed by atoms with van der Waals surface area (Å²) < 4.78 is 5.19. The predicted octanol–water partition coefficient (Wildman–Crippen LogP) is 3.14. The Morgan fingerprint density at radius 1 is 1.29 bits per heavy atom. The number of rotatable bonds is 4. The van der Waals surface area contributed by atoms with Crippen LogP contribution in [0.4, 0.5) is 0 Å². The van der Waals surface area contributed by atoms with E-state index >= 15 is 0 Å². The average Bonchev–Trinajstić information content (AvgIpc) is 2.99. The second kappa shape index (κ2) is 4.14. The maximum absolute atomic E-state index is 5.19. The van der Waals surface area contributed by atoms with Gasteiger partial charge in [0.1, 0.15) is 0 Å². The lowest BCUT2D eigenvalue weighted by atomic mass is 10.00. The number of ether oxygens (including phenoxy) is 1. The first-order valence-electron chi connectivity index (χ1n) is 5.46. The molecule has 1 fully saturated rings. The smallest absolute Gasteiger partial charge is 0.0813 e. The van der Waals surface area contributed by atoms with Gasteiger partial charge in [-0.25, -0.2) is 0 Å². The van der Waals surface area contributed by atoms with E-state index in [4.69, 9.17) is 4.74 Å². The Kier molecular flexibility index (Phi) is 2.87. The van der Waals surface area contributed by atoms with E-state index in [0.29, 0.717) is 12.0 Å². The Balaban J connectivity index is 1.91. The van der Waals surface area contributed by atoms with Crippen LogP contribution in [0, 0.1) is 0 Å². The van der Waals surface area contributed by atoms with E-state index < -0.39 is 0 Å². The molecule has 1 heterocycles. The van der Waals surface area contributed by atoms with Crippen LogP contribution >= 0.6 is 0 Å². The van der Waals surface area contributed by atoms with Crippen molar-refractivity contribution in [3.8, 4) is 0 Å². The maximum Gasteiger partial charge on any atom is 0.0813 e. The molecule has 76 valence electrons. The Morgan fingerprint density at radius 3 is 2.43 bits per heavy atom. The van der Waals surface area contributed by atoms with Crippen LogP contribution in [-0.2, 0) is 11.2 Å². The van der Waals surface area contributed by atoms with Crippen LogP contribution in [0.25, 0.3) is 0 Å². The number of aryl methyl sites for hydroxylation is 1. The van der Waals surface area contributed by atoms with Crippen LogP contribution in [-0.4, -0.2) is 12.7 Å². The summed E-state index contributed by atoms with van der Waals surface area (Å²) in [6.45, 7) is 5.43. The molecule has 0 N–H and O–H groups in total. The molecule has 1 aliphatic heterocycles. The molecule has 0 bridgehead atoms. The number of benzene rings is 1. The van der Waals surface area contributed by atoms with Crippen molar-refractivity contribution in [2.45, 2.75) is 38.7 Å². The fourth-order valence-electron chi connectivity index (χ4n) is 1.63. The molecule has 1 unspecified atom stereocenters. The first kappa shape index (κ1) is 9.72. The third kappa shape index (κ3) is 2.58. The van der Waals surface area contributed by atoms with Gasteiger partial charge in [0.25, 0.3) is 0 Å². The van der Waals surface area contributed by atoms with Crippen molar-refractivity contribution in [2.75, 3.05) is 6.61 Å². The highest BCUT2D eigenvalue weighted by molar-refractivity contribution is 5.24. The van der Waals surface area contributed by atoms with Crippen molar-refractivity contribution in [3.05, 3.63) is 35.4 Å². The third-order valence-electron chi connectivity index (χ3n) is 2.80. The van der Waals surface area contributed by atoms with Gasteiger partial charge in [-0.05, 0) is 29.9 Å². The van der Waals surface area contributed by atoms with Gasteiger partial charge in [-0.15, -0.1) is 0 Å². The summed E-state index contributed by atoms with van der Waals surface area (Å²) in [6, 6.07) is 8.98. The van der Waals surface area contributed by atoms with E-state index in [2.05, 4.69) is 38.1 Å². The van der Waals surface area contributed by atoms with Gasteiger partial charge in [0.2, 0.25) is 0 Å². The van der Waals surface area contributed by atoms with E-state index in [9.17, 15) is 0 Å². The van der Waals surface area contributed by atoms with Crippen LogP contribution in [0.5, 0.6) is 0 Å². The first-order chi connectivity index (χ1) is 6.75. The van der Waals surface area contributed by atoms with Crippen molar-refractivity contribution in [2.24, 2.45) is 0 Å². The van der Waals surface area contributed by atoms with Crippen molar-refractivity contribution in [3.63, 3.8) is 0 Å². The monoisotopic (exact) mass is 190 g/mol. The fourth-order valence-corrected chi connectivity index (χ4v) is 1.63. The third-order valence-corrected chi connectivity index (χ3v) is 2.80. The molecular formula is C13H18O. The quantitative estimate of drug-likeness (QED) is 0.664. The molecule has 14 heavy (non-hydrogen) atoms. The zero-order chi connectivity index (χ0) is 9.97. The molecule has 1 atom stereocenters. The van der Waals surface area contributed by atoms with Crippen LogP contribution in [0.1, 0.15) is 37.3 Å². The molecule has 0 radical (unpaired) electrons. The van der Waals surface area contributed by atoms with Crippen molar-refractivity contribution < 1.29 is 4.74 Å². The fraction of sp³-hybridized carbons (Fsp3) is 0.538. The number of epoxide rings is 1. The summed E-state index contributed by atoms with van der Waals surface area (Å²) in [5, 5.41) is 0. The largest absolute Gasteiger partial charge is 0.373 e. The highest BCUT2D eigenvalue weighted by Crippen LogP contribution is 2.19. The zero-order valence-electron chi connectivity index (χ0n) is 8.99. The van der Waals surface area contributed by atoms with E-state index in [1.54, 1.807) is 0 Å². The predicted molar refractivity (Wildman–Crippen MR) is 58.6 cm³/mol. The molecule has 1 aliphatic rings. The van der Waals surface area contributed by atoms with Gasteiger partial charge in [0.15, 0.2) is 0 Å². The highest BCUT2D eigenvalue weighted by Gasteiger charge is 2.21. The lowest BCUT2D eigenvalue weighted by Crippen LogP contribution is -1.92. The lowest BCUT2D eigenvalue weighted by Gasteiger charge is -2.06. The van der Waals surface area contributed by atoms with Gasteiger partial charge in [-0.3, -0.25) is 0 Å². The minimum absolute atomic E-state index is 0.555. The second-order valence-corrected chi connectivity index (χ2v) is 4.39. The molecule has 1 aromatic rings. The van der Waals surface area contributed by atoms with Gasteiger partial charge in [0, 0.05) is 0 Å². The summed E-state index contributed by atoms with van der Waals surface area (Å²) >= 11 is 0. The second-order valence-electron chi connectivity index (χ2n) is 4.39. The van der Waals surface area contributed by atoms with Gasteiger partial charge < -0.3 is 4.74 Å². The van der Waals surface area contributed by atoms with E-state index in [1.165, 1.54) is 17.5 Å². The molecule has 0 aliphatic carbocycles.